The van der Waals surface area contributed by atoms with Gasteiger partial charge in [-0.2, -0.15) is 0 Å². The summed E-state index contributed by atoms with van der Waals surface area (Å²) in [7, 11) is 1.92. The Balaban J connectivity index is 1.20. The van der Waals surface area contributed by atoms with Crippen LogP contribution in [0, 0.1) is 6.92 Å². The molecule has 4 heterocycles. The number of aromatic nitrogens is 4. The zero-order valence-electron chi connectivity index (χ0n) is 23.0. The first-order valence-corrected chi connectivity index (χ1v) is 15.0. The quantitative estimate of drug-likeness (QED) is 0.288. The second kappa shape index (κ2) is 11.8. The highest BCUT2D eigenvalue weighted by molar-refractivity contribution is 7.12. The number of hydrogen-bond donors (Lipinski definition) is 0. The Morgan fingerprint density at radius 3 is 2.67 bits per heavy atom. The van der Waals surface area contributed by atoms with Crippen molar-refractivity contribution in [3.63, 3.8) is 0 Å². The summed E-state index contributed by atoms with van der Waals surface area (Å²) >= 11 is 1.92. The van der Waals surface area contributed by atoms with Gasteiger partial charge in [-0.3, -0.25) is 4.90 Å². The zero-order chi connectivity index (χ0) is 26.6. The summed E-state index contributed by atoms with van der Waals surface area (Å²) in [4.78, 5) is 13.4. The molecule has 0 spiro atoms. The monoisotopic (exact) mass is 539 g/mol. The predicted octanol–water partition coefficient (Wildman–Crippen LogP) is 5.20. The number of amidine groups is 1. The number of tetrazole rings is 1. The lowest BCUT2D eigenvalue weighted by Gasteiger charge is -2.43. The first-order valence-electron chi connectivity index (χ1n) is 14.1. The summed E-state index contributed by atoms with van der Waals surface area (Å²) in [5.74, 6) is 2.13. The molecule has 4 aromatic rings. The maximum atomic E-state index is 5.32. The summed E-state index contributed by atoms with van der Waals surface area (Å²) < 4.78 is 1.79. The molecule has 2 aliphatic rings. The fourth-order valence-electron chi connectivity index (χ4n) is 5.93. The number of benzene rings is 2. The van der Waals surface area contributed by atoms with Crippen LogP contribution in [-0.4, -0.2) is 68.1 Å². The fourth-order valence-corrected chi connectivity index (χ4v) is 6.98. The third kappa shape index (κ3) is 5.97. The Labute approximate surface area is 235 Å². The van der Waals surface area contributed by atoms with Crippen LogP contribution in [0.2, 0.25) is 0 Å². The molecule has 8 heteroatoms. The van der Waals surface area contributed by atoms with Crippen molar-refractivity contribution in [1.29, 1.82) is 0 Å². The van der Waals surface area contributed by atoms with Crippen molar-refractivity contribution < 1.29 is 0 Å². The molecule has 202 valence electrons. The largest absolute Gasteiger partial charge is 0.353 e. The van der Waals surface area contributed by atoms with Gasteiger partial charge in [0.15, 0.2) is 5.82 Å². The number of thiophene rings is 1. The maximum absolute atomic E-state index is 5.32. The number of rotatable bonds is 8. The van der Waals surface area contributed by atoms with Crippen LogP contribution in [0.5, 0.6) is 0 Å². The average Bonchev–Trinajstić information content (AvgIpc) is 3.50. The molecule has 1 fully saturated rings. The molecule has 6 rings (SSSR count). The van der Waals surface area contributed by atoms with Crippen LogP contribution in [0.3, 0.4) is 0 Å². The molecule has 0 saturated carbocycles. The summed E-state index contributed by atoms with van der Waals surface area (Å²) in [6, 6.07) is 22.4. The third-order valence-corrected chi connectivity index (χ3v) is 9.11. The van der Waals surface area contributed by atoms with Crippen LogP contribution in [0.25, 0.3) is 0 Å². The molecule has 2 aliphatic heterocycles. The van der Waals surface area contributed by atoms with Gasteiger partial charge in [0.05, 0.1) is 5.69 Å². The molecular weight excluding hydrogens is 502 g/mol. The molecular formula is C31H37N7S. The smallest absolute Gasteiger partial charge is 0.150 e. The lowest BCUT2D eigenvalue weighted by Crippen LogP contribution is -2.55. The van der Waals surface area contributed by atoms with Crippen LogP contribution in [0.15, 0.2) is 65.7 Å². The molecule has 39 heavy (non-hydrogen) atoms. The van der Waals surface area contributed by atoms with Crippen molar-refractivity contribution in [1.82, 2.24) is 30.0 Å². The highest BCUT2D eigenvalue weighted by Gasteiger charge is 2.31. The minimum atomic E-state index is 0.486. The van der Waals surface area contributed by atoms with E-state index in [-0.39, 0.29) is 0 Å². The molecule has 0 N–H and O–H groups in total. The van der Waals surface area contributed by atoms with Crippen molar-refractivity contribution in [3.8, 4) is 0 Å². The van der Waals surface area contributed by atoms with Crippen LogP contribution in [0.4, 0.5) is 5.69 Å². The Bertz CT molecular complexity index is 1420. The molecule has 7 nitrogen and oxygen atoms in total. The lowest BCUT2D eigenvalue weighted by molar-refractivity contribution is 0.104. The van der Waals surface area contributed by atoms with E-state index >= 15 is 0 Å². The number of piperazine rings is 1. The van der Waals surface area contributed by atoms with Crippen LogP contribution < -0.4 is 0 Å². The fraction of sp³-hybridized carbons (Fsp3) is 0.419. The van der Waals surface area contributed by atoms with Crippen LogP contribution in [-0.2, 0) is 26.3 Å². The number of para-hydroxylation sites is 1. The van der Waals surface area contributed by atoms with Gasteiger partial charge in [-0.25, -0.2) is 9.67 Å². The van der Waals surface area contributed by atoms with Crippen LogP contribution >= 0.6 is 11.3 Å². The van der Waals surface area contributed by atoms with Gasteiger partial charge in [0.2, 0.25) is 0 Å². The number of aryl methyl sites for hydroxylation is 4. The molecule has 2 aromatic carbocycles. The normalized spacial score (nSPS) is 17.4. The molecule has 0 bridgehead atoms. The summed E-state index contributed by atoms with van der Waals surface area (Å²) in [5, 5.41) is 11.9. The molecule has 1 saturated heterocycles. The van der Waals surface area contributed by atoms with Crippen molar-refractivity contribution >= 4 is 22.9 Å². The van der Waals surface area contributed by atoms with Gasteiger partial charge in [-0.15, -0.1) is 16.4 Å². The van der Waals surface area contributed by atoms with Gasteiger partial charge in [0, 0.05) is 60.9 Å². The topological polar surface area (TPSA) is 62.4 Å². The minimum Gasteiger partial charge on any atom is -0.353 e. The highest BCUT2D eigenvalue weighted by atomic mass is 32.1. The first-order chi connectivity index (χ1) is 19.1. The summed E-state index contributed by atoms with van der Waals surface area (Å²) in [6.07, 6.45) is 6.38. The van der Waals surface area contributed by atoms with Crippen LogP contribution in [0.1, 0.15) is 51.5 Å². The van der Waals surface area contributed by atoms with Crippen molar-refractivity contribution in [3.05, 3.63) is 92.9 Å². The van der Waals surface area contributed by atoms with E-state index < -0.39 is 0 Å². The second-order valence-corrected chi connectivity index (χ2v) is 12.1. The standard InChI is InChI=1S/C31H37N7S/c1-23-20-27-29(39-23)21-25-12-6-7-13-28(25)32-31(27)38-19-18-37(17-9-8-14-30-33-34-35-36(30)2)26(22-38)16-15-24-10-4-3-5-11-24/h3-7,10-13,20,26H,8-9,14-19,21-22H2,1-2H3/t26-/m0/s1. The van der Waals surface area contributed by atoms with E-state index in [1.165, 1.54) is 32.3 Å². The molecule has 0 amide bonds. The number of hydrogen-bond acceptors (Lipinski definition) is 7. The Hall–Kier alpha value is -3.36. The SMILES string of the molecule is Cc1cc2c(s1)Cc1ccccc1N=C2N1CCN(CCCCc2nnnn2C)[C@@H](CCc2ccccc2)C1. The third-order valence-electron chi connectivity index (χ3n) is 8.06. The molecule has 1 atom stereocenters. The van der Waals surface area contributed by atoms with Gasteiger partial charge in [0.1, 0.15) is 5.84 Å². The summed E-state index contributed by atoms with van der Waals surface area (Å²) in [6.45, 7) is 6.40. The molecule has 0 aliphatic carbocycles. The van der Waals surface area contributed by atoms with Gasteiger partial charge in [-0.1, -0.05) is 48.5 Å². The van der Waals surface area contributed by atoms with E-state index in [9.17, 15) is 0 Å². The van der Waals surface area contributed by atoms with Gasteiger partial charge in [0.25, 0.3) is 0 Å². The highest BCUT2D eigenvalue weighted by Crippen LogP contribution is 2.34. The average molecular weight is 540 g/mol. The Kier molecular flexibility index (Phi) is 7.83. The Morgan fingerprint density at radius 2 is 1.82 bits per heavy atom. The van der Waals surface area contributed by atoms with E-state index in [0.29, 0.717) is 6.04 Å². The number of aliphatic imine (C=N–C) groups is 1. The van der Waals surface area contributed by atoms with E-state index in [0.717, 1.165) is 76.2 Å². The first kappa shape index (κ1) is 25.9. The number of unbranched alkanes of at least 4 members (excludes halogenated alkanes) is 1. The van der Waals surface area contributed by atoms with Gasteiger partial charge in [-0.05, 0) is 72.8 Å². The molecule has 2 aromatic heterocycles. The zero-order valence-corrected chi connectivity index (χ0v) is 23.8. The number of nitrogens with zero attached hydrogens (tertiary/aromatic N) is 7. The molecule has 0 unspecified atom stereocenters. The predicted molar refractivity (Wildman–Crippen MR) is 158 cm³/mol. The summed E-state index contributed by atoms with van der Waals surface area (Å²) in [5.41, 5.74) is 5.20. The molecule has 0 radical (unpaired) electrons. The van der Waals surface area contributed by atoms with Crippen molar-refractivity contribution in [2.45, 2.75) is 51.5 Å². The van der Waals surface area contributed by atoms with Crippen molar-refractivity contribution in [2.75, 3.05) is 26.2 Å². The maximum Gasteiger partial charge on any atom is 0.150 e. The van der Waals surface area contributed by atoms with E-state index in [2.05, 4.69) is 92.9 Å². The second-order valence-electron chi connectivity index (χ2n) is 10.8. The van der Waals surface area contributed by atoms with E-state index in [1.807, 2.05) is 18.4 Å². The van der Waals surface area contributed by atoms with Gasteiger partial charge >= 0.3 is 0 Å². The van der Waals surface area contributed by atoms with Crippen molar-refractivity contribution in [2.24, 2.45) is 12.0 Å². The van der Waals surface area contributed by atoms with E-state index in [1.54, 1.807) is 4.68 Å². The minimum absolute atomic E-state index is 0.486. The Morgan fingerprint density at radius 1 is 0.974 bits per heavy atom. The van der Waals surface area contributed by atoms with E-state index in [4.69, 9.17) is 4.99 Å². The lowest BCUT2D eigenvalue weighted by atomic mass is 10.0. The number of fused-ring (bicyclic) bond motifs is 2. The van der Waals surface area contributed by atoms with Gasteiger partial charge < -0.3 is 4.90 Å².